The topological polar surface area (TPSA) is 120 Å². The molecule has 10 nitrogen and oxygen atoms in total. The Balaban J connectivity index is 1.83. The van der Waals surface area contributed by atoms with Crippen LogP contribution >= 0.6 is 0 Å². The molecule has 11 heteroatoms. The number of halogens is 1. The zero-order valence-corrected chi connectivity index (χ0v) is 20.4. The molecular weight excluding hydrogens is 467 g/mol. The van der Waals surface area contributed by atoms with Crippen LogP contribution in [0.2, 0.25) is 0 Å². The summed E-state index contributed by atoms with van der Waals surface area (Å²) in [5.41, 5.74) is -0.134. The first-order chi connectivity index (χ1) is 17.1. The van der Waals surface area contributed by atoms with Gasteiger partial charge >= 0.3 is 5.69 Å². The van der Waals surface area contributed by atoms with Gasteiger partial charge < -0.3 is 10.6 Å². The van der Waals surface area contributed by atoms with Crippen LogP contribution < -0.4 is 21.9 Å². The number of carbonyl (C=O) groups excluding carboxylic acids is 2. The number of rotatable bonds is 7. The number of hydrogen-bond acceptors (Lipinski definition) is 5. The van der Waals surface area contributed by atoms with E-state index >= 15 is 0 Å². The maximum Gasteiger partial charge on any atom is 0.352 e. The van der Waals surface area contributed by atoms with E-state index in [0.717, 1.165) is 11.1 Å². The van der Waals surface area contributed by atoms with Gasteiger partial charge in [0.1, 0.15) is 12.4 Å². The summed E-state index contributed by atoms with van der Waals surface area (Å²) >= 11 is 0. The average molecular weight is 495 g/mol. The van der Waals surface area contributed by atoms with Gasteiger partial charge in [0.2, 0.25) is 11.7 Å². The third-order valence-electron chi connectivity index (χ3n) is 5.92. The van der Waals surface area contributed by atoms with Crippen LogP contribution in [0.1, 0.15) is 50.5 Å². The molecule has 1 atom stereocenters. The van der Waals surface area contributed by atoms with Crippen molar-refractivity contribution in [2.45, 2.75) is 52.7 Å². The molecule has 2 N–H and O–H groups in total. The van der Waals surface area contributed by atoms with Crippen molar-refractivity contribution in [2.75, 3.05) is 5.32 Å². The number of amides is 2. The van der Waals surface area contributed by atoms with Gasteiger partial charge in [-0.1, -0.05) is 6.92 Å². The van der Waals surface area contributed by atoms with Gasteiger partial charge in [0.15, 0.2) is 0 Å². The van der Waals surface area contributed by atoms with Crippen molar-refractivity contribution in [3.63, 3.8) is 0 Å². The molecule has 188 valence electrons. The molecule has 0 aliphatic rings. The number of benzene rings is 2. The first-order valence-corrected chi connectivity index (χ1v) is 11.6. The second-order valence-electron chi connectivity index (χ2n) is 8.91. The van der Waals surface area contributed by atoms with Crippen molar-refractivity contribution >= 4 is 34.2 Å². The van der Waals surface area contributed by atoms with Gasteiger partial charge in [0.05, 0.1) is 10.9 Å². The maximum absolute atomic E-state index is 13.4. The van der Waals surface area contributed by atoms with Crippen molar-refractivity contribution in [1.82, 2.24) is 24.1 Å². The van der Waals surface area contributed by atoms with Gasteiger partial charge in [0.25, 0.3) is 11.5 Å². The highest BCUT2D eigenvalue weighted by Crippen LogP contribution is 2.17. The lowest BCUT2D eigenvalue weighted by molar-refractivity contribution is -0.117. The minimum Gasteiger partial charge on any atom is -0.350 e. The normalized spacial score (nSPS) is 12.3. The van der Waals surface area contributed by atoms with E-state index < -0.39 is 24.0 Å². The molecule has 1 unspecified atom stereocenters. The van der Waals surface area contributed by atoms with Crippen LogP contribution in [0.15, 0.2) is 52.1 Å². The fraction of sp³-hybridized carbons (Fsp3) is 0.320. The van der Waals surface area contributed by atoms with E-state index in [0.29, 0.717) is 11.3 Å². The summed E-state index contributed by atoms with van der Waals surface area (Å²) < 4.78 is 16.7. The number of aromatic nitrogens is 4. The van der Waals surface area contributed by atoms with E-state index in [2.05, 4.69) is 15.7 Å². The van der Waals surface area contributed by atoms with E-state index in [1.165, 1.54) is 45.4 Å². The van der Waals surface area contributed by atoms with E-state index in [1.54, 1.807) is 19.9 Å². The third kappa shape index (κ3) is 4.64. The first kappa shape index (κ1) is 24.8. The molecule has 0 radical (unpaired) electrons. The molecule has 0 saturated heterocycles. The summed E-state index contributed by atoms with van der Waals surface area (Å²) in [6.07, 6.45) is 0.745. The van der Waals surface area contributed by atoms with Gasteiger partial charge in [-0.2, -0.15) is 0 Å². The Morgan fingerprint density at radius 1 is 1.06 bits per heavy atom. The molecule has 4 rings (SSSR count). The summed E-state index contributed by atoms with van der Waals surface area (Å²) in [6, 6.07) is 9.37. The molecule has 0 spiro atoms. The van der Waals surface area contributed by atoms with Crippen molar-refractivity contribution < 1.29 is 14.0 Å². The standard InChI is InChI=1S/C25H27FN6O4/c1-5-15(4)27-22(34)16-6-11-19-20(12-16)32-24(31(14(2)3)23(19)35)29-30(25(32)36)13-21(33)28-18-9-7-17(26)8-10-18/h6-12,14-15H,5,13H2,1-4H3,(H,27,34)(H,28,33). The first-order valence-electron chi connectivity index (χ1n) is 11.6. The number of nitrogens with one attached hydrogen (secondary N) is 2. The summed E-state index contributed by atoms with van der Waals surface area (Å²) in [7, 11) is 0. The SMILES string of the molecule is CCC(C)NC(=O)c1ccc2c(=O)n(C(C)C)c3nn(CC(=O)Nc4ccc(F)cc4)c(=O)n3c2c1. The zero-order valence-electron chi connectivity index (χ0n) is 20.4. The Hall–Kier alpha value is -4.28. The van der Waals surface area contributed by atoms with E-state index in [4.69, 9.17) is 0 Å². The minimum atomic E-state index is -0.641. The lowest BCUT2D eigenvalue weighted by Gasteiger charge is -2.14. The summed E-state index contributed by atoms with van der Waals surface area (Å²) in [4.78, 5) is 52.0. The number of nitrogens with zero attached hydrogens (tertiary/aromatic N) is 4. The van der Waals surface area contributed by atoms with E-state index in [9.17, 15) is 23.6 Å². The molecule has 2 heterocycles. The molecule has 0 bridgehead atoms. The maximum atomic E-state index is 13.4. The predicted molar refractivity (Wildman–Crippen MR) is 134 cm³/mol. The highest BCUT2D eigenvalue weighted by atomic mass is 19.1. The van der Waals surface area contributed by atoms with Gasteiger partial charge in [-0.15, -0.1) is 5.10 Å². The van der Waals surface area contributed by atoms with Crippen LogP contribution in [0.5, 0.6) is 0 Å². The highest BCUT2D eigenvalue weighted by Gasteiger charge is 2.21. The molecular formula is C25H27FN6O4. The molecule has 0 saturated carbocycles. The molecule has 2 amide bonds. The second-order valence-corrected chi connectivity index (χ2v) is 8.91. The van der Waals surface area contributed by atoms with Gasteiger partial charge in [0, 0.05) is 23.3 Å². The fourth-order valence-electron chi connectivity index (χ4n) is 3.87. The molecule has 4 aromatic rings. The summed E-state index contributed by atoms with van der Waals surface area (Å²) in [5, 5.41) is 9.98. The Labute approximate surface area is 205 Å². The van der Waals surface area contributed by atoms with Crippen LogP contribution in [0, 0.1) is 5.82 Å². The Morgan fingerprint density at radius 3 is 2.39 bits per heavy atom. The van der Waals surface area contributed by atoms with E-state index in [1.807, 2.05) is 13.8 Å². The molecule has 36 heavy (non-hydrogen) atoms. The van der Waals surface area contributed by atoms with Crippen molar-refractivity contribution in [3.8, 4) is 0 Å². The molecule has 0 aliphatic heterocycles. The van der Waals surface area contributed by atoms with Crippen molar-refractivity contribution in [1.29, 1.82) is 0 Å². The van der Waals surface area contributed by atoms with Crippen molar-refractivity contribution in [3.05, 3.63) is 74.7 Å². The summed E-state index contributed by atoms with van der Waals surface area (Å²) in [5.74, 6) is -1.27. The Bertz CT molecular complexity index is 1580. The number of anilines is 1. The average Bonchev–Trinajstić information content (AvgIpc) is 3.15. The van der Waals surface area contributed by atoms with Crippen molar-refractivity contribution in [2.24, 2.45) is 0 Å². The van der Waals surface area contributed by atoms with Crippen LogP contribution in [0.4, 0.5) is 10.1 Å². The lowest BCUT2D eigenvalue weighted by Crippen LogP contribution is -2.32. The van der Waals surface area contributed by atoms with Crippen LogP contribution in [0.25, 0.3) is 16.7 Å². The van der Waals surface area contributed by atoms with Gasteiger partial charge in [-0.25, -0.2) is 18.3 Å². The van der Waals surface area contributed by atoms with Gasteiger partial charge in [-0.05, 0) is 69.7 Å². The van der Waals surface area contributed by atoms with Crippen LogP contribution in [0.3, 0.4) is 0 Å². The predicted octanol–water partition coefficient (Wildman–Crippen LogP) is 2.70. The number of fused-ring (bicyclic) bond motifs is 3. The summed E-state index contributed by atoms with van der Waals surface area (Å²) in [6.45, 7) is 6.96. The second kappa shape index (κ2) is 9.76. The smallest absolute Gasteiger partial charge is 0.350 e. The minimum absolute atomic E-state index is 0.0488. The Kier molecular flexibility index (Phi) is 6.73. The fourth-order valence-corrected chi connectivity index (χ4v) is 3.87. The number of hydrogen-bond donors (Lipinski definition) is 2. The Morgan fingerprint density at radius 2 is 1.75 bits per heavy atom. The quantitative estimate of drug-likeness (QED) is 0.409. The molecule has 0 aliphatic carbocycles. The van der Waals surface area contributed by atoms with E-state index in [-0.39, 0.29) is 40.2 Å². The highest BCUT2D eigenvalue weighted by molar-refractivity contribution is 5.98. The molecule has 0 fully saturated rings. The monoisotopic (exact) mass is 494 g/mol. The largest absolute Gasteiger partial charge is 0.352 e. The number of carbonyl (C=O) groups is 2. The van der Waals surface area contributed by atoms with Crippen LogP contribution in [-0.4, -0.2) is 36.6 Å². The molecule has 2 aromatic carbocycles. The van der Waals surface area contributed by atoms with Gasteiger partial charge in [-0.3, -0.25) is 19.0 Å². The molecule has 2 aromatic heterocycles. The van der Waals surface area contributed by atoms with Crippen LogP contribution in [-0.2, 0) is 11.3 Å². The third-order valence-corrected chi connectivity index (χ3v) is 5.92. The zero-order chi connectivity index (χ0) is 26.1. The lowest BCUT2D eigenvalue weighted by atomic mass is 10.1.